The third-order valence-corrected chi connectivity index (χ3v) is 2.09. The van der Waals surface area contributed by atoms with Gasteiger partial charge < -0.3 is 4.98 Å². The van der Waals surface area contributed by atoms with Crippen LogP contribution in [0.2, 0.25) is 0 Å². The third kappa shape index (κ3) is 1.13. The summed E-state index contributed by atoms with van der Waals surface area (Å²) in [5.74, 6) is -0.355. The number of fused-ring (bicyclic) bond motifs is 1. The molecule has 3 heteroatoms. The van der Waals surface area contributed by atoms with Crippen LogP contribution in [0.1, 0.15) is 5.56 Å². The molecule has 0 unspecified atom stereocenters. The molecule has 13 heavy (non-hydrogen) atoms. The fourth-order valence-electron chi connectivity index (χ4n) is 1.44. The highest BCUT2D eigenvalue weighted by atomic mass is 19.1. The van der Waals surface area contributed by atoms with E-state index in [9.17, 15) is 9.18 Å². The molecule has 1 aromatic carbocycles. The summed E-state index contributed by atoms with van der Waals surface area (Å²) in [6.07, 6.45) is 1.45. The minimum atomic E-state index is -0.355. The van der Waals surface area contributed by atoms with E-state index in [2.05, 4.69) is 4.98 Å². The maximum Gasteiger partial charge on any atom is 0.256 e. The summed E-state index contributed by atoms with van der Waals surface area (Å²) < 4.78 is 13.2. The second kappa shape index (κ2) is 2.69. The lowest BCUT2D eigenvalue weighted by atomic mass is 10.1. The number of aromatic nitrogens is 1. The average molecular weight is 177 g/mol. The first-order valence-electron chi connectivity index (χ1n) is 3.96. The Morgan fingerprint density at radius 2 is 2.08 bits per heavy atom. The minimum Gasteiger partial charge on any atom is -0.329 e. The van der Waals surface area contributed by atoms with Gasteiger partial charge in [-0.05, 0) is 24.6 Å². The normalized spacial score (nSPS) is 10.6. The van der Waals surface area contributed by atoms with Crippen molar-refractivity contribution in [3.63, 3.8) is 0 Å². The van der Waals surface area contributed by atoms with Crippen LogP contribution in [-0.2, 0) is 0 Å². The Balaban J connectivity index is 3.09. The molecule has 1 aromatic heterocycles. The van der Waals surface area contributed by atoms with Crippen molar-refractivity contribution < 1.29 is 4.39 Å². The zero-order valence-electron chi connectivity index (χ0n) is 7.10. The summed E-state index contributed by atoms with van der Waals surface area (Å²) in [5.41, 5.74) is 0.549. The first kappa shape index (κ1) is 7.98. The largest absolute Gasteiger partial charge is 0.329 e. The molecule has 0 fully saturated rings. The number of halogens is 1. The van der Waals surface area contributed by atoms with E-state index in [0.29, 0.717) is 10.8 Å². The van der Waals surface area contributed by atoms with Crippen LogP contribution in [0.5, 0.6) is 0 Å². The van der Waals surface area contributed by atoms with E-state index in [0.717, 1.165) is 5.56 Å². The van der Waals surface area contributed by atoms with E-state index in [1.54, 1.807) is 19.1 Å². The lowest BCUT2D eigenvalue weighted by Gasteiger charge is -2.00. The number of pyridine rings is 1. The lowest BCUT2D eigenvalue weighted by molar-refractivity contribution is 0.639. The number of aromatic amines is 1. The van der Waals surface area contributed by atoms with Gasteiger partial charge in [0, 0.05) is 11.6 Å². The molecule has 0 atom stereocenters. The van der Waals surface area contributed by atoms with Crippen LogP contribution < -0.4 is 5.56 Å². The first-order chi connectivity index (χ1) is 6.20. The summed E-state index contributed by atoms with van der Waals surface area (Å²) in [6, 6.07) is 4.54. The van der Waals surface area contributed by atoms with Crippen LogP contribution in [0, 0.1) is 12.7 Å². The molecular formula is C10H8FNO. The highest BCUT2D eigenvalue weighted by Gasteiger charge is 2.05. The number of nitrogens with one attached hydrogen (secondary N) is 1. The molecule has 1 heterocycles. The van der Waals surface area contributed by atoms with Gasteiger partial charge in [0.25, 0.3) is 5.56 Å². The SMILES string of the molecule is Cc1ccc(F)c2cc[nH]c(=O)c12. The Morgan fingerprint density at radius 3 is 2.77 bits per heavy atom. The van der Waals surface area contributed by atoms with Gasteiger partial charge in [0.1, 0.15) is 5.82 Å². The smallest absolute Gasteiger partial charge is 0.256 e. The molecule has 0 aliphatic carbocycles. The van der Waals surface area contributed by atoms with Gasteiger partial charge in [-0.25, -0.2) is 4.39 Å². The van der Waals surface area contributed by atoms with Gasteiger partial charge in [0.2, 0.25) is 0 Å². The fraction of sp³-hybridized carbons (Fsp3) is 0.100. The highest BCUT2D eigenvalue weighted by molar-refractivity contribution is 5.84. The molecular weight excluding hydrogens is 169 g/mol. The van der Waals surface area contributed by atoms with Crippen molar-refractivity contribution in [2.45, 2.75) is 6.92 Å². The van der Waals surface area contributed by atoms with Crippen LogP contribution in [0.25, 0.3) is 10.8 Å². The second-order valence-corrected chi connectivity index (χ2v) is 2.96. The van der Waals surface area contributed by atoms with Gasteiger partial charge in [0.05, 0.1) is 5.39 Å². The molecule has 66 valence electrons. The quantitative estimate of drug-likeness (QED) is 0.655. The molecule has 0 radical (unpaired) electrons. The van der Waals surface area contributed by atoms with E-state index in [1.165, 1.54) is 12.3 Å². The summed E-state index contributed by atoms with van der Waals surface area (Å²) in [7, 11) is 0. The van der Waals surface area contributed by atoms with Crippen molar-refractivity contribution in [2.75, 3.05) is 0 Å². The molecule has 0 saturated carbocycles. The molecule has 2 nitrogen and oxygen atoms in total. The van der Waals surface area contributed by atoms with Gasteiger partial charge in [-0.2, -0.15) is 0 Å². The number of benzene rings is 1. The van der Waals surface area contributed by atoms with Crippen LogP contribution in [0.3, 0.4) is 0 Å². The molecule has 0 bridgehead atoms. The van der Waals surface area contributed by atoms with E-state index in [4.69, 9.17) is 0 Å². The number of H-pyrrole nitrogens is 1. The standard InChI is InChI=1S/C10H8FNO/c1-6-2-3-8(11)7-4-5-12-10(13)9(6)7/h2-5H,1H3,(H,12,13). The van der Waals surface area contributed by atoms with Crippen molar-refractivity contribution in [3.05, 3.63) is 46.1 Å². The lowest BCUT2D eigenvalue weighted by Crippen LogP contribution is -2.06. The van der Waals surface area contributed by atoms with E-state index < -0.39 is 0 Å². The number of aryl methyl sites for hydroxylation is 1. The van der Waals surface area contributed by atoms with Gasteiger partial charge in [0.15, 0.2) is 0 Å². The topological polar surface area (TPSA) is 32.9 Å². The Bertz CT molecular complexity index is 516. The second-order valence-electron chi connectivity index (χ2n) is 2.96. The van der Waals surface area contributed by atoms with Gasteiger partial charge >= 0.3 is 0 Å². The predicted octanol–water partition coefficient (Wildman–Crippen LogP) is 1.98. The van der Waals surface area contributed by atoms with Gasteiger partial charge in [-0.1, -0.05) is 6.07 Å². The molecule has 2 aromatic rings. The summed E-state index contributed by atoms with van der Waals surface area (Å²) in [5, 5.41) is 0.811. The van der Waals surface area contributed by atoms with Crippen molar-refractivity contribution >= 4 is 10.8 Å². The van der Waals surface area contributed by atoms with Crippen LogP contribution in [0.15, 0.2) is 29.2 Å². The van der Waals surface area contributed by atoms with Gasteiger partial charge in [-0.3, -0.25) is 4.79 Å². The van der Waals surface area contributed by atoms with Crippen LogP contribution in [-0.4, -0.2) is 4.98 Å². The highest BCUT2D eigenvalue weighted by Crippen LogP contribution is 2.16. The number of rotatable bonds is 0. The fourth-order valence-corrected chi connectivity index (χ4v) is 1.44. The Kier molecular flexibility index (Phi) is 1.65. The zero-order chi connectivity index (χ0) is 9.42. The first-order valence-corrected chi connectivity index (χ1v) is 3.96. The Hall–Kier alpha value is -1.64. The summed E-state index contributed by atoms with van der Waals surface area (Å²) in [6.45, 7) is 1.79. The minimum absolute atomic E-state index is 0.241. The van der Waals surface area contributed by atoms with Crippen molar-refractivity contribution in [1.82, 2.24) is 4.98 Å². The van der Waals surface area contributed by atoms with Gasteiger partial charge in [-0.15, -0.1) is 0 Å². The van der Waals surface area contributed by atoms with E-state index >= 15 is 0 Å². The molecule has 0 spiro atoms. The monoisotopic (exact) mass is 177 g/mol. The molecule has 2 rings (SSSR count). The third-order valence-electron chi connectivity index (χ3n) is 2.09. The summed E-state index contributed by atoms with van der Waals surface area (Å²) >= 11 is 0. The molecule has 0 aliphatic rings. The zero-order valence-corrected chi connectivity index (χ0v) is 7.10. The molecule has 1 N–H and O–H groups in total. The van der Waals surface area contributed by atoms with Crippen molar-refractivity contribution in [2.24, 2.45) is 0 Å². The Labute approximate surface area is 74.0 Å². The van der Waals surface area contributed by atoms with Crippen LogP contribution in [0.4, 0.5) is 4.39 Å². The molecule has 0 amide bonds. The molecule has 0 aliphatic heterocycles. The van der Waals surface area contributed by atoms with E-state index in [-0.39, 0.29) is 11.4 Å². The van der Waals surface area contributed by atoms with Crippen LogP contribution >= 0.6 is 0 Å². The Morgan fingerprint density at radius 1 is 1.31 bits per heavy atom. The van der Waals surface area contributed by atoms with Crippen molar-refractivity contribution in [3.8, 4) is 0 Å². The maximum atomic E-state index is 13.2. The van der Waals surface area contributed by atoms with E-state index in [1.807, 2.05) is 0 Å². The predicted molar refractivity (Wildman–Crippen MR) is 49.3 cm³/mol. The average Bonchev–Trinajstić information content (AvgIpc) is 2.12. The number of hydrogen-bond donors (Lipinski definition) is 1. The number of hydrogen-bond acceptors (Lipinski definition) is 1. The van der Waals surface area contributed by atoms with Crippen molar-refractivity contribution in [1.29, 1.82) is 0 Å². The maximum absolute atomic E-state index is 13.2. The summed E-state index contributed by atoms with van der Waals surface area (Å²) in [4.78, 5) is 13.8. The molecule has 0 saturated heterocycles.